The van der Waals surface area contributed by atoms with Crippen molar-refractivity contribution in [1.29, 1.82) is 0 Å². The summed E-state index contributed by atoms with van der Waals surface area (Å²) >= 11 is 0. The van der Waals surface area contributed by atoms with Gasteiger partial charge in [-0.15, -0.1) is 0 Å². The summed E-state index contributed by atoms with van der Waals surface area (Å²) in [4.78, 5) is 20.2. The molecule has 1 atom stereocenters. The van der Waals surface area contributed by atoms with E-state index in [1.165, 1.54) is 11.1 Å². The lowest BCUT2D eigenvalue weighted by molar-refractivity contribution is 0.689. The molecule has 0 radical (unpaired) electrons. The molecule has 1 aliphatic carbocycles. The molecule has 0 fully saturated rings. The molecule has 2 heterocycles. The number of pyridine rings is 1. The first-order valence-electron chi connectivity index (χ1n) is 14.4. The van der Waals surface area contributed by atoms with Gasteiger partial charge in [0.05, 0.1) is 0 Å². The van der Waals surface area contributed by atoms with Crippen molar-refractivity contribution in [2.45, 2.75) is 5.41 Å². The molecule has 0 spiro atoms. The minimum absolute atomic E-state index is 0.633. The highest BCUT2D eigenvalue weighted by molar-refractivity contribution is 5.85. The van der Waals surface area contributed by atoms with Gasteiger partial charge in [0.1, 0.15) is 5.41 Å². The zero-order valence-corrected chi connectivity index (χ0v) is 23.3. The van der Waals surface area contributed by atoms with Crippen LogP contribution in [0.5, 0.6) is 0 Å². The molecule has 1 aliphatic rings. The molecule has 43 heavy (non-hydrogen) atoms. The van der Waals surface area contributed by atoms with Crippen LogP contribution in [0.4, 0.5) is 0 Å². The minimum atomic E-state index is -0.771. The molecule has 0 bridgehead atoms. The fourth-order valence-corrected chi connectivity index (χ4v) is 6.32. The van der Waals surface area contributed by atoms with Crippen LogP contribution >= 0.6 is 0 Å². The Morgan fingerprint density at radius 3 is 1.60 bits per heavy atom. The maximum Gasteiger partial charge on any atom is 0.163 e. The first-order valence-corrected chi connectivity index (χ1v) is 14.4. The molecule has 202 valence electrons. The third-order valence-electron chi connectivity index (χ3n) is 8.31. The second-order valence-electron chi connectivity index (χ2n) is 10.7. The maximum absolute atomic E-state index is 5.31. The molecule has 8 rings (SSSR count). The first-order chi connectivity index (χ1) is 21.3. The zero-order chi connectivity index (χ0) is 28.6. The molecule has 5 aromatic carbocycles. The Morgan fingerprint density at radius 2 is 0.907 bits per heavy atom. The molecular formula is C39H26N4. The van der Waals surface area contributed by atoms with Gasteiger partial charge in [-0.2, -0.15) is 0 Å². The smallest absolute Gasteiger partial charge is 0.163 e. The van der Waals surface area contributed by atoms with Gasteiger partial charge >= 0.3 is 0 Å². The summed E-state index contributed by atoms with van der Waals surface area (Å²) in [6.45, 7) is 0. The van der Waals surface area contributed by atoms with Gasteiger partial charge in [0.2, 0.25) is 0 Å². The Hall–Kier alpha value is -5.74. The van der Waals surface area contributed by atoms with E-state index < -0.39 is 5.41 Å². The van der Waals surface area contributed by atoms with Crippen LogP contribution in [-0.4, -0.2) is 19.9 Å². The maximum atomic E-state index is 5.31. The average molecular weight is 551 g/mol. The predicted octanol–water partition coefficient (Wildman–Crippen LogP) is 8.63. The normalized spacial score (nSPS) is 15.1. The average Bonchev–Trinajstić information content (AvgIpc) is 3.40. The second kappa shape index (κ2) is 10.3. The van der Waals surface area contributed by atoms with E-state index in [-0.39, 0.29) is 0 Å². The molecule has 0 N–H and O–H groups in total. The van der Waals surface area contributed by atoms with Crippen molar-refractivity contribution >= 4 is 0 Å². The zero-order valence-electron chi connectivity index (χ0n) is 23.3. The number of benzene rings is 5. The summed E-state index contributed by atoms with van der Waals surface area (Å²) in [6.07, 6.45) is 3.84. The molecular weight excluding hydrogens is 524 g/mol. The molecule has 0 aliphatic heterocycles. The number of rotatable bonds is 5. The van der Waals surface area contributed by atoms with Crippen molar-refractivity contribution in [2.24, 2.45) is 0 Å². The van der Waals surface area contributed by atoms with E-state index in [2.05, 4.69) is 120 Å². The molecule has 0 saturated heterocycles. The highest BCUT2D eigenvalue weighted by atomic mass is 15.0. The highest BCUT2D eigenvalue weighted by Gasteiger charge is 2.49. The van der Waals surface area contributed by atoms with E-state index in [1.807, 2.05) is 42.7 Å². The van der Waals surface area contributed by atoms with E-state index in [1.54, 1.807) is 0 Å². The van der Waals surface area contributed by atoms with Crippen LogP contribution < -0.4 is 0 Å². The molecule has 4 nitrogen and oxygen atoms in total. The Kier molecular flexibility index (Phi) is 5.97. The van der Waals surface area contributed by atoms with Crippen molar-refractivity contribution in [2.75, 3.05) is 0 Å². The van der Waals surface area contributed by atoms with E-state index >= 15 is 0 Å². The summed E-state index contributed by atoms with van der Waals surface area (Å²) in [7, 11) is 0. The van der Waals surface area contributed by atoms with Gasteiger partial charge in [-0.05, 0) is 39.4 Å². The lowest BCUT2D eigenvalue weighted by Crippen LogP contribution is -2.32. The van der Waals surface area contributed by atoms with Gasteiger partial charge < -0.3 is 0 Å². The van der Waals surface area contributed by atoms with Gasteiger partial charge in [0.25, 0.3) is 0 Å². The lowest BCUT2D eigenvalue weighted by atomic mass is 9.72. The van der Waals surface area contributed by atoms with Crippen molar-refractivity contribution in [3.8, 4) is 45.0 Å². The predicted molar refractivity (Wildman–Crippen MR) is 171 cm³/mol. The molecule has 7 aromatic rings. The summed E-state index contributed by atoms with van der Waals surface area (Å²) in [5.74, 6) is 1.94. The van der Waals surface area contributed by atoms with Crippen molar-refractivity contribution in [1.82, 2.24) is 19.9 Å². The van der Waals surface area contributed by atoms with Gasteiger partial charge in [-0.1, -0.05) is 140 Å². The number of fused-ring (bicyclic) bond motifs is 3. The van der Waals surface area contributed by atoms with Crippen LogP contribution in [0.2, 0.25) is 0 Å². The largest absolute Gasteiger partial charge is 0.264 e. The van der Waals surface area contributed by atoms with Gasteiger partial charge in [-0.3, -0.25) is 4.98 Å². The molecule has 4 heteroatoms. The Bertz CT molecular complexity index is 2010. The molecule has 1 unspecified atom stereocenters. The lowest BCUT2D eigenvalue weighted by Gasteiger charge is -2.31. The molecule has 0 saturated carbocycles. The summed E-state index contributed by atoms with van der Waals surface area (Å²) in [6, 6.07) is 50.2. The van der Waals surface area contributed by atoms with Crippen LogP contribution in [0, 0.1) is 0 Å². The van der Waals surface area contributed by atoms with Crippen LogP contribution in [0.25, 0.3) is 45.0 Å². The van der Waals surface area contributed by atoms with E-state index in [0.29, 0.717) is 17.5 Å². The minimum Gasteiger partial charge on any atom is -0.264 e. The Balaban J connectivity index is 1.41. The fourth-order valence-electron chi connectivity index (χ4n) is 6.32. The quantitative estimate of drug-likeness (QED) is 0.215. The number of hydrogen-bond acceptors (Lipinski definition) is 4. The topological polar surface area (TPSA) is 51.6 Å². The third-order valence-corrected chi connectivity index (χ3v) is 8.31. The van der Waals surface area contributed by atoms with E-state index in [9.17, 15) is 0 Å². The second-order valence-corrected chi connectivity index (χ2v) is 10.7. The number of nitrogens with zero attached hydrogens (tertiary/aromatic N) is 4. The van der Waals surface area contributed by atoms with Crippen LogP contribution in [-0.2, 0) is 5.41 Å². The van der Waals surface area contributed by atoms with Crippen LogP contribution in [0.15, 0.2) is 158 Å². The van der Waals surface area contributed by atoms with E-state index in [4.69, 9.17) is 15.0 Å². The first kappa shape index (κ1) is 25.0. The van der Waals surface area contributed by atoms with Crippen molar-refractivity contribution in [3.05, 3.63) is 181 Å². The number of hydrogen-bond donors (Lipinski definition) is 0. The summed E-state index contributed by atoms with van der Waals surface area (Å²) < 4.78 is 0. The van der Waals surface area contributed by atoms with Gasteiger partial charge in [0.15, 0.2) is 17.5 Å². The summed E-state index contributed by atoms with van der Waals surface area (Å²) in [5, 5.41) is 0. The monoisotopic (exact) mass is 550 g/mol. The third kappa shape index (κ3) is 4.07. The van der Waals surface area contributed by atoms with Crippen molar-refractivity contribution < 1.29 is 0 Å². The molecule has 0 amide bonds. The number of aromatic nitrogens is 4. The highest BCUT2D eigenvalue weighted by Crippen LogP contribution is 2.55. The Labute approximate surface area is 250 Å². The standard InChI is InChI=1S/C39H26N4/c1-4-12-27(13-5-1)28-20-22-30(23-21-28)37-41-36(29-14-6-2-7-15-29)42-38(43-37)39(31-16-8-3-9-17-31)34-19-11-10-18-32(34)33-24-25-40-26-35(33)39/h1-26H. The molecule has 2 aromatic heterocycles. The SMILES string of the molecule is c1ccc(-c2ccc(-c3nc(-c4ccccc4)nc(C4(c5ccccc5)c5ccccc5-c5ccncc54)n3)cc2)cc1. The summed E-state index contributed by atoms with van der Waals surface area (Å²) in [5.41, 5.74) is 9.02. The fraction of sp³-hybridized carbons (Fsp3) is 0.0256. The van der Waals surface area contributed by atoms with Crippen LogP contribution in [0.1, 0.15) is 22.5 Å². The van der Waals surface area contributed by atoms with E-state index in [0.717, 1.165) is 38.9 Å². The Morgan fingerprint density at radius 1 is 0.395 bits per heavy atom. The van der Waals surface area contributed by atoms with Gasteiger partial charge in [-0.25, -0.2) is 15.0 Å². The van der Waals surface area contributed by atoms with Crippen molar-refractivity contribution in [3.63, 3.8) is 0 Å². The van der Waals surface area contributed by atoms with Crippen LogP contribution in [0.3, 0.4) is 0 Å². The van der Waals surface area contributed by atoms with Gasteiger partial charge in [0, 0.05) is 29.1 Å².